The number of aryl methyl sites for hydroxylation is 1. The Balaban J connectivity index is 2.16. The average Bonchev–Trinajstić information content (AvgIpc) is 2.36. The predicted octanol–water partition coefficient (Wildman–Crippen LogP) is 4.41. The third-order valence-corrected chi connectivity index (χ3v) is 2.58. The lowest BCUT2D eigenvalue weighted by atomic mass is 10.2. The molecule has 0 fully saturated rings. The van der Waals surface area contributed by atoms with Crippen LogP contribution in [-0.4, -0.2) is 6.36 Å². The van der Waals surface area contributed by atoms with Crippen LogP contribution in [0.25, 0.3) is 0 Å². The van der Waals surface area contributed by atoms with Crippen molar-refractivity contribution in [3.8, 4) is 17.2 Å². The van der Waals surface area contributed by atoms with Crippen LogP contribution < -0.4 is 15.2 Å². The fraction of sp³-hybridized carbons (Fsp3) is 0.143. The van der Waals surface area contributed by atoms with E-state index >= 15 is 0 Å². The van der Waals surface area contributed by atoms with E-state index in [1.807, 2.05) is 0 Å². The van der Waals surface area contributed by atoms with Gasteiger partial charge >= 0.3 is 6.36 Å². The van der Waals surface area contributed by atoms with Crippen LogP contribution in [0.15, 0.2) is 36.4 Å². The molecule has 0 aliphatic carbocycles. The van der Waals surface area contributed by atoms with Crippen molar-refractivity contribution in [2.45, 2.75) is 13.3 Å². The van der Waals surface area contributed by atoms with E-state index in [4.69, 9.17) is 10.5 Å². The Kier molecular flexibility index (Phi) is 3.93. The Morgan fingerprint density at radius 2 is 1.57 bits per heavy atom. The Hall–Kier alpha value is -2.44. The van der Waals surface area contributed by atoms with E-state index < -0.39 is 12.2 Å². The number of ether oxygens (including phenoxy) is 2. The van der Waals surface area contributed by atoms with Gasteiger partial charge in [0.25, 0.3) is 0 Å². The zero-order chi connectivity index (χ0) is 15.6. The second kappa shape index (κ2) is 5.51. The van der Waals surface area contributed by atoms with Crippen LogP contribution in [0, 0.1) is 12.7 Å². The van der Waals surface area contributed by atoms with Crippen molar-refractivity contribution in [2.75, 3.05) is 5.73 Å². The Morgan fingerprint density at radius 3 is 2.14 bits per heavy atom. The van der Waals surface area contributed by atoms with Gasteiger partial charge in [0.2, 0.25) is 0 Å². The molecule has 0 atom stereocenters. The highest BCUT2D eigenvalue weighted by molar-refractivity contribution is 5.56. The average molecular weight is 301 g/mol. The van der Waals surface area contributed by atoms with Crippen molar-refractivity contribution in [3.05, 3.63) is 47.8 Å². The van der Waals surface area contributed by atoms with E-state index in [1.54, 1.807) is 6.92 Å². The van der Waals surface area contributed by atoms with Gasteiger partial charge in [0.05, 0.1) is 5.69 Å². The number of hydrogen-bond acceptors (Lipinski definition) is 3. The van der Waals surface area contributed by atoms with Gasteiger partial charge in [0.1, 0.15) is 17.3 Å². The summed E-state index contributed by atoms with van der Waals surface area (Å²) in [6.07, 6.45) is -4.75. The highest BCUT2D eigenvalue weighted by Gasteiger charge is 2.30. The topological polar surface area (TPSA) is 44.5 Å². The number of halogens is 4. The van der Waals surface area contributed by atoms with Crippen LogP contribution in [0.5, 0.6) is 17.2 Å². The molecule has 0 amide bonds. The van der Waals surface area contributed by atoms with E-state index in [9.17, 15) is 17.6 Å². The third kappa shape index (κ3) is 4.01. The summed E-state index contributed by atoms with van der Waals surface area (Å²) >= 11 is 0. The molecule has 0 saturated carbocycles. The first-order valence-electron chi connectivity index (χ1n) is 5.84. The summed E-state index contributed by atoms with van der Waals surface area (Å²) in [5, 5.41) is 0. The summed E-state index contributed by atoms with van der Waals surface area (Å²) in [4.78, 5) is 0. The molecule has 0 radical (unpaired) electrons. The van der Waals surface area contributed by atoms with Gasteiger partial charge in [-0.3, -0.25) is 0 Å². The fourth-order valence-corrected chi connectivity index (χ4v) is 1.60. The second-order valence-corrected chi connectivity index (χ2v) is 4.26. The highest BCUT2D eigenvalue weighted by Crippen LogP contribution is 2.31. The van der Waals surface area contributed by atoms with E-state index in [1.165, 1.54) is 18.2 Å². The number of anilines is 1. The molecule has 2 rings (SSSR count). The van der Waals surface area contributed by atoms with Crippen LogP contribution in [-0.2, 0) is 0 Å². The largest absolute Gasteiger partial charge is 0.573 e. The molecule has 21 heavy (non-hydrogen) atoms. The Labute approximate surface area is 117 Å². The molecule has 2 aromatic carbocycles. The lowest BCUT2D eigenvalue weighted by Crippen LogP contribution is -2.16. The smallest absolute Gasteiger partial charge is 0.455 e. The Morgan fingerprint density at radius 1 is 1.00 bits per heavy atom. The number of alkyl halides is 3. The van der Waals surface area contributed by atoms with Crippen molar-refractivity contribution in [2.24, 2.45) is 0 Å². The molecule has 0 unspecified atom stereocenters. The van der Waals surface area contributed by atoms with Gasteiger partial charge in [-0.15, -0.1) is 13.2 Å². The number of hydrogen-bond donors (Lipinski definition) is 1. The standard InChI is InChI=1S/C14H11F4NO2/c1-8-6-13(12(19)7-11(8)15)20-9-2-4-10(5-3-9)21-14(16,17)18/h2-7H,19H2,1H3. The first kappa shape index (κ1) is 15.0. The molecule has 0 heterocycles. The second-order valence-electron chi connectivity index (χ2n) is 4.26. The minimum atomic E-state index is -4.75. The molecule has 0 bridgehead atoms. The summed E-state index contributed by atoms with van der Waals surface area (Å²) in [5.41, 5.74) is 6.05. The SMILES string of the molecule is Cc1cc(Oc2ccc(OC(F)(F)F)cc2)c(N)cc1F. The maximum absolute atomic E-state index is 13.3. The fourth-order valence-electron chi connectivity index (χ4n) is 1.60. The summed E-state index contributed by atoms with van der Waals surface area (Å²) < 4.78 is 58.4. The van der Waals surface area contributed by atoms with Crippen molar-refractivity contribution in [1.82, 2.24) is 0 Å². The molecule has 2 aromatic rings. The first-order valence-corrected chi connectivity index (χ1v) is 5.84. The summed E-state index contributed by atoms with van der Waals surface area (Å²) in [7, 11) is 0. The molecule has 3 nitrogen and oxygen atoms in total. The molecule has 0 aromatic heterocycles. The van der Waals surface area contributed by atoms with Crippen molar-refractivity contribution < 1.29 is 27.0 Å². The monoisotopic (exact) mass is 301 g/mol. The van der Waals surface area contributed by atoms with Crippen molar-refractivity contribution in [3.63, 3.8) is 0 Å². The van der Waals surface area contributed by atoms with Gasteiger partial charge in [-0.05, 0) is 42.8 Å². The zero-order valence-corrected chi connectivity index (χ0v) is 10.9. The van der Waals surface area contributed by atoms with Crippen molar-refractivity contribution in [1.29, 1.82) is 0 Å². The van der Waals surface area contributed by atoms with Gasteiger partial charge in [0.15, 0.2) is 5.75 Å². The Bertz CT molecular complexity index is 639. The van der Waals surface area contributed by atoms with E-state index in [-0.39, 0.29) is 22.9 Å². The maximum Gasteiger partial charge on any atom is 0.573 e. The number of nitrogen functional groups attached to an aromatic ring is 1. The van der Waals surface area contributed by atoms with Gasteiger partial charge < -0.3 is 15.2 Å². The summed E-state index contributed by atoms with van der Waals surface area (Å²) in [5.74, 6) is -0.354. The van der Waals surface area contributed by atoms with E-state index in [2.05, 4.69) is 4.74 Å². The maximum atomic E-state index is 13.3. The molecule has 0 saturated heterocycles. The summed E-state index contributed by atoms with van der Waals surface area (Å²) in [6, 6.07) is 7.32. The molecule has 112 valence electrons. The van der Waals surface area contributed by atoms with Crippen LogP contribution in [0.1, 0.15) is 5.56 Å². The molecular weight excluding hydrogens is 290 g/mol. The zero-order valence-electron chi connectivity index (χ0n) is 10.9. The van der Waals surface area contributed by atoms with Crippen LogP contribution in [0.4, 0.5) is 23.2 Å². The van der Waals surface area contributed by atoms with Gasteiger partial charge in [0, 0.05) is 6.07 Å². The van der Waals surface area contributed by atoms with Crippen LogP contribution in [0.2, 0.25) is 0 Å². The lowest BCUT2D eigenvalue weighted by Gasteiger charge is -2.11. The highest BCUT2D eigenvalue weighted by atomic mass is 19.4. The normalized spacial score (nSPS) is 11.3. The van der Waals surface area contributed by atoms with Gasteiger partial charge in [-0.2, -0.15) is 0 Å². The van der Waals surface area contributed by atoms with E-state index in [0.29, 0.717) is 5.56 Å². The quantitative estimate of drug-likeness (QED) is 0.674. The number of nitrogens with two attached hydrogens (primary N) is 1. The minimum absolute atomic E-state index is 0.0914. The van der Waals surface area contributed by atoms with Crippen molar-refractivity contribution >= 4 is 5.69 Å². The van der Waals surface area contributed by atoms with Crippen LogP contribution in [0.3, 0.4) is 0 Å². The third-order valence-electron chi connectivity index (χ3n) is 2.58. The number of benzene rings is 2. The van der Waals surface area contributed by atoms with Gasteiger partial charge in [-0.1, -0.05) is 0 Å². The molecular formula is C14H11F4NO2. The minimum Gasteiger partial charge on any atom is -0.455 e. The number of rotatable bonds is 3. The first-order chi connectivity index (χ1) is 9.74. The molecule has 0 aliphatic heterocycles. The van der Waals surface area contributed by atoms with E-state index in [0.717, 1.165) is 18.2 Å². The molecule has 0 spiro atoms. The molecule has 2 N–H and O–H groups in total. The van der Waals surface area contributed by atoms with Crippen LogP contribution >= 0.6 is 0 Å². The van der Waals surface area contributed by atoms with Gasteiger partial charge in [-0.25, -0.2) is 4.39 Å². The summed E-state index contributed by atoms with van der Waals surface area (Å²) in [6.45, 7) is 1.54. The predicted molar refractivity (Wildman–Crippen MR) is 68.7 cm³/mol. The molecule has 0 aliphatic rings. The molecule has 7 heteroatoms. The lowest BCUT2D eigenvalue weighted by molar-refractivity contribution is -0.274.